The molecule has 2 aliphatic rings. The number of nitrogens with zero attached hydrogens (tertiary/aromatic N) is 4. The van der Waals surface area contributed by atoms with Crippen LogP contribution in [0.4, 0.5) is 18.3 Å². The molecule has 19 heteroatoms. The highest BCUT2D eigenvalue weighted by atomic mass is 32.2. The van der Waals surface area contributed by atoms with Gasteiger partial charge < -0.3 is 26.1 Å². The fraction of sp³-hybridized carbons (Fsp3) is 0.375. The van der Waals surface area contributed by atoms with Crippen molar-refractivity contribution in [1.29, 1.82) is 0 Å². The maximum absolute atomic E-state index is 13.2. The third-order valence-corrected chi connectivity index (χ3v) is 9.14. The van der Waals surface area contributed by atoms with Crippen LogP contribution in [-0.2, 0) is 30.6 Å². The Bertz CT molecular complexity index is 1510. The topological polar surface area (TPSA) is 188 Å². The second-order valence-electron chi connectivity index (χ2n) is 9.65. The van der Waals surface area contributed by atoms with Gasteiger partial charge in [-0.25, -0.2) is 14.6 Å². The number of rotatable bonds is 11. The molecule has 4 heterocycles. The molecule has 2 aliphatic heterocycles. The van der Waals surface area contributed by atoms with Crippen molar-refractivity contribution < 1.29 is 52.0 Å². The van der Waals surface area contributed by atoms with Crippen molar-refractivity contribution in [3.05, 3.63) is 46.9 Å². The summed E-state index contributed by atoms with van der Waals surface area (Å²) in [5.74, 6) is -3.95. The number of thioether (sulfide) groups is 2. The fourth-order valence-corrected chi connectivity index (χ4v) is 6.74. The van der Waals surface area contributed by atoms with Crippen LogP contribution in [0.3, 0.4) is 0 Å². The number of carbonyl (C=O) groups excluding carboxylic acids is 2. The summed E-state index contributed by atoms with van der Waals surface area (Å²) in [7, 11) is 0. The summed E-state index contributed by atoms with van der Waals surface area (Å²) in [5, 5.41) is 26.1. The minimum atomic E-state index is -4.37. The van der Waals surface area contributed by atoms with Crippen LogP contribution >= 0.6 is 34.9 Å². The average Bonchev–Trinajstić information content (AvgIpc) is 3.35. The van der Waals surface area contributed by atoms with Crippen molar-refractivity contribution in [2.24, 2.45) is 5.16 Å². The van der Waals surface area contributed by atoms with Crippen LogP contribution in [0.5, 0.6) is 0 Å². The van der Waals surface area contributed by atoms with E-state index in [1.807, 2.05) is 0 Å². The normalized spacial score (nSPS) is 19.0. The summed E-state index contributed by atoms with van der Waals surface area (Å²) in [6, 6.07) is 1.83. The van der Waals surface area contributed by atoms with Crippen LogP contribution in [0.25, 0.3) is 0 Å². The van der Waals surface area contributed by atoms with Gasteiger partial charge in [0.15, 0.2) is 23.2 Å². The number of hydrogen-bond acceptors (Lipinski definition) is 11. The van der Waals surface area contributed by atoms with E-state index < -0.39 is 59.2 Å². The molecule has 5 N–H and O–H groups in total. The van der Waals surface area contributed by atoms with E-state index in [0.717, 1.165) is 20.8 Å². The molecule has 2 atom stereocenters. The molecule has 1 fully saturated rings. The van der Waals surface area contributed by atoms with Crippen molar-refractivity contribution in [2.45, 2.75) is 48.5 Å². The van der Waals surface area contributed by atoms with Crippen molar-refractivity contribution in [1.82, 2.24) is 15.2 Å². The van der Waals surface area contributed by atoms with Crippen LogP contribution in [0.1, 0.15) is 19.5 Å². The monoisotopic (exact) mass is 661 g/mol. The number of alkyl halides is 3. The number of carboxylic acid groups (broad SMARTS) is 2. The lowest BCUT2D eigenvalue weighted by atomic mass is 10.0. The lowest BCUT2D eigenvalue weighted by molar-refractivity contribution is -0.719. The van der Waals surface area contributed by atoms with Gasteiger partial charge in [0.2, 0.25) is 12.1 Å². The van der Waals surface area contributed by atoms with Gasteiger partial charge in [0.25, 0.3) is 11.8 Å². The summed E-state index contributed by atoms with van der Waals surface area (Å²) >= 11 is 3.41. The van der Waals surface area contributed by atoms with Gasteiger partial charge in [-0.15, -0.1) is 34.9 Å². The highest BCUT2D eigenvalue weighted by molar-refractivity contribution is 8.01. The molecule has 13 nitrogen and oxygen atoms in total. The van der Waals surface area contributed by atoms with E-state index in [9.17, 15) is 42.6 Å². The van der Waals surface area contributed by atoms with Crippen LogP contribution in [-0.4, -0.2) is 84.3 Å². The lowest BCUT2D eigenvalue weighted by Crippen LogP contribution is -2.71. The molecule has 0 aliphatic carbocycles. The van der Waals surface area contributed by atoms with E-state index in [1.54, 1.807) is 0 Å². The average molecular weight is 662 g/mol. The molecule has 230 valence electrons. The van der Waals surface area contributed by atoms with Gasteiger partial charge in [0.05, 0.1) is 0 Å². The zero-order valence-electron chi connectivity index (χ0n) is 22.3. The van der Waals surface area contributed by atoms with Crippen LogP contribution in [0, 0.1) is 0 Å². The van der Waals surface area contributed by atoms with Gasteiger partial charge in [0, 0.05) is 33.9 Å². The van der Waals surface area contributed by atoms with Gasteiger partial charge in [-0.1, -0.05) is 5.16 Å². The number of nitrogens with two attached hydrogens (primary N) is 1. The Kier molecular flexibility index (Phi) is 9.26. The third kappa shape index (κ3) is 7.39. The van der Waals surface area contributed by atoms with E-state index in [-0.39, 0.29) is 28.0 Å². The number of amides is 2. The first-order valence-corrected chi connectivity index (χ1v) is 15.1. The molecule has 0 spiro atoms. The van der Waals surface area contributed by atoms with Gasteiger partial charge in [-0.2, -0.15) is 17.7 Å². The highest BCUT2D eigenvalue weighted by Crippen LogP contribution is 2.41. The Labute approximate surface area is 254 Å². The first kappa shape index (κ1) is 32.1. The van der Waals surface area contributed by atoms with Crippen LogP contribution in [0.15, 0.2) is 51.2 Å². The van der Waals surface area contributed by atoms with Crippen molar-refractivity contribution in [2.75, 3.05) is 17.2 Å². The number of carbonyl (C=O) groups is 4. The lowest BCUT2D eigenvalue weighted by Gasteiger charge is -2.49. The predicted octanol–water partition coefficient (Wildman–Crippen LogP) is 1.69. The molecule has 43 heavy (non-hydrogen) atoms. The quantitative estimate of drug-likeness (QED) is 0.0902. The Hall–Kier alpha value is -3.84. The van der Waals surface area contributed by atoms with E-state index in [0.29, 0.717) is 10.5 Å². The SMILES string of the molecule is CC(C)(ON=C(C(=O)N[C@@H]1C(=O)N2C(C(=O)O)=C(CSc3cc[n+](CC(F)(F)F)cc3)CS[C@H]12)c1csc(N)n1)C(=O)O. The van der Waals surface area contributed by atoms with E-state index in [2.05, 4.69) is 15.5 Å². The molecule has 1 saturated heterocycles. The smallest absolute Gasteiger partial charge is 0.448 e. The van der Waals surface area contributed by atoms with Crippen LogP contribution < -0.4 is 15.6 Å². The number of nitrogen functional groups attached to an aromatic ring is 1. The number of pyridine rings is 1. The van der Waals surface area contributed by atoms with Gasteiger partial charge in [0.1, 0.15) is 22.8 Å². The molecule has 0 radical (unpaired) electrons. The van der Waals surface area contributed by atoms with Crippen molar-refractivity contribution in [3.8, 4) is 0 Å². The number of oxime groups is 1. The molecule has 0 unspecified atom stereocenters. The zero-order chi connectivity index (χ0) is 31.7. The van der Waals surface area contributed by atoms with Gasteiger partial charge >= 0.3 is 18.1 Å². The predicted molar refractivity (Wildman–Crippen MR) is 149 cm³/mol. The molecule has 0 bridgehead atoms. The fourth-order valence-electron chi connectivity index (χ4n) is 3.83. The summed E-state index contributed by atoms with van der Waals surface area (Å²) in [6.07, 6.45) is -1.83. The molecule has 2 aromatic heterocycles. The van der Waals surface area contributed by atoms with Crippen molar-refractivity contribution in [3.63, 3.8) is 0 Å². The number of anilines is 1. The van der Waals surface area contributed by atoms with Crippen molar-refractivity contribution >= 4 is 69.5 Å². The summed E-state index contributed by atoms with van der Waals surface area (Å²) in [4.78, 5) is 60.6. The Morgan fingerprint density at radius 1 is 1.28 bits per heavy atom. The summed E-state index contributed by atoms with van der Waals surface area (Å²) in [5.41, 5.74) is 3.61. The second kappa shape index (κ2) is 12.4. The number of hydrogen-bond donors (Lipinski definition) is 4. The maximum Gasteiger partial charge on any atom is 0.448 e. The number of aliphatic carboxylic acids is 2. The van der Waals surface area contributed by atoms with E-state index >= 15 is 0 Å². The molecule has 4 rings (SSSR count). The first-order valence-electron chi connectivity index (χ1n) is 12.2. The molecule has 2 amide bonds. The van der Waals surface area contributed by atoms with E-state index in [1.165, 1.54) is 67.3 Å². The molecule has 2 aromatic rings. The Morgan fingerprint density at radius 2 is 1.95 bits per heavy atom. The summed E-state index contributed by atoms with van der Waals surface area (Å²) < 4.78 is 38.8. The second-order valence-corrected chi connectivity index (χ2v) is 12.7. The number of thiazole rings is 1. The summed E-state index contributed by atoms with van der Waals surface area (Å²) in [6.45, 7) is 1.29. The zero-order valence-corrected chi connectivity index (χ0v) is 24.8. The molecular weight excluding hydrogens is 637 g/mol. The minimum Gasteiger partial charge on any atom is -0.478 e. The third-order valence-electron chi connectivity index (χ3n) is 6.03. The minimum absolute atomic E-state index is 0.0172. The largest absolute Gasteiger partial charge is 0.478 e. The Morgan fingerprint density at radius 3 is 2.51 bits per heavy atom. The number of nitrogens with one attached hydrogen (secondary N) is 1. The van der Waals surface area contributed by atoms with Crippen LogP contribution in [0.2, 0.25) is 0 Å². The molecular formula is C24H24F3N6O7S3+. The number of aromatic nitrogens is 2. The highest BCUT2D eigenvalue weighted by Gasteiger charge is 2.54. The Balaban J connectivity index is 1.47. The maximum atomic E-state index is 13.2. The number of β-lactam (4-membered cyclic amide) rings is 1. The molecule has 0 aromatic carbocycles. The first-order chi connectivity index (χ1) is 20.1. The van der Waals surface area contributed by atoms with Gasteiger partial charge in [-0.3, -0.25) is 14.5 Å². The molecule has 0 saturated carbocycles. The number of fused-ring (bicyclic) bond motifs is 1. The number of carboxylic acids is 2. The van der Waals surface area contributed by atoms with Gasteiger partial charge in [-0.05, 0) is 19.4 Å². The van der Waals surface area contributed by atoms with E-state index in [4.69, 9.17) is 10.6 Å². The standard InChI is InChI=1S/C24H23F3N6O7S3/c1-23(2,21(38)39)40-31-14(13-9-43-22(28)29-13)17(34)30-15-18(35)33-16(20(36)37)11(8-42-19(15)33)7-41-12-3-5-32(6-4-12)10-24(25,26)27/h3-6,9,15,19H,7-8,10H2,1-2H3,(H4-,28,29,30,34,36,37,38,39)/p+1/t15-,19-/m1/s1. The number of halogens is 3.